The topological polar surface area (TPSA) is 89.6 Å². The van der Waals surface area contributed by atoms with E-state index in [1.54, 1.807) is 0 Å². The number of nitrogens with zero attached hydrogens (tertiary/aromatic N) is 5. The van der Waals surface area contributed by atoms with Crippen LogP contribution in [0.2, 0.25) is 0 Å². The van der Waals surface area contributed by atoms with E-state index < -0.39 is 0 Å². The highest BCUT2D eigenvalue weighted by Gasteiger charge is 2.41. The predicted octanol–water partition coefficient (Wildman–Crippen LogP) is 0.420. The van der Waals surface area contributed by atoms with Crippen molar-refractivity contribution in [2.45, 2.75) is 31.6 Å². The van der Waals surface area contributed by atoms with Gasteiger partial charge in [0.2, 0.25) is 11.9 Å². The van der Waals surface area contributed by atoms with E-state index in [1.807, 2.05) is 19.0 Å². The Morgan fingerprint density at radius 1 is 1.14 bits per heavy atom. The smallest absolute Gasteiger partial charge is 0.229 e. The lowest BCUT2D eigenvalue weighted by atomic mass is 10.0. The number of rotatable bonds is 3. The molecular weight excluding hydrogens is 284 g/mol. The third-order valence-electron chi connectivity index (χ3n) is 4.35. The van der Waals surface area contributed by atoms with Gasteiger partial charge in [0.25, 0.3) is 0 Å². The Bertz CT molecular complexity index is 522. The van der Waals surface area contributed by atoms with Crippen molar-refractivity contribution in [2.75, 3.05) is 51.0 Å². The minimum atomic E-state index is -0.358. The second-order valence-corrected chi connectivity index (χ2v) is 6.07. The zero-order valence-corrected chi connectivity index (χ0v) is 13.4. The van der Waals surface area contributed by atoms with Gasteiger partial charge in [-0.05, 0) is 6.92 Å². The summed E-state index contributed by atoms with van der Waals surface area (Å²) in [6, 6.07) is 0.0859. The molecule has 0 radical (unpaired) electrons. The minimum Gasteiger partial charge on any atom is -0.368 e. The maximum atomic E-state index is 5.81. The van der Waals surface area contributed by atoms with Crippen molar-refractivity contribution in [1.82, 2.24) is 19.9 Å². The lowest BCUT2D eigenvalue weighted by molar-refractivity contribution is -0.187. The van der Waals surface area contributed by atoms with Crippen molar-refractivity contribution < 1.29 is 9.47 Å². The second-order valence-electron chi connectivity index (χ2n) is 6.07. The fraction of sp³-hybridized carbons (Fsp3) is 0.786. The van der Waals surface area contributed by atoms with Crippen LogP contribution in [0.5, 0.6) is 0 Å². The van der Waals surface area contributed by atoms with Gasteiger partial charge < -0.3 is 20.1 Å². The highest BCUT2D eigenvalue weighted by molar-refractivity contribution is 5.33. The van der Waals surface area contributed by atoms with E-state index in [0.717, 1.165) is 25.9 Å². The molecule has 0 aliphatic carbocycles. The molecule has 22 heavy (non-hydrogen) atoms. The number of hydrogen-bond acceptors (Lipinski definition) is 8. The molecule has 1 aromatic heterocycles. The van der Waals surface area contributed by atoms with E-state index in [0.29, 0.717) is 25.0 Å². The summed E-state index contributed by atoms with van der Waals surface area (Å²) >= 11 is 0. The number of likely N-dealkylation sites (tertiary alicyclic amines) is 1. The van der Waals surface area contributed by atoms with Crippen LogP contribution in [0.1, 0.15) is 31.6 Å². The monoisotopic (exact) mass is 308 g/mol. The largest absolute Gasteiger partial charge is 0.368 e. The average Bonchev–Trinajstić information content (AvgIpc) is 2.95. The van der Waals surface area contributed by atoms with E-state index in [4.69, 9.17) is 15.2 Å². The van der Waals surface area contributed by atoms with Gasteiger partial charge >= 0.3 is 0 Å². The van der Waals surface area contributed by atoms with Crippen molar-refractivity contribution in [3.8, 4) is 0 Å². The van der Waals surface area contributed by atoms with Gasteiger partial charge in [-0.15, -0.1) is 0 Å². The first-order chi connectivity index (χ1) is 10.5. The summed E-state index contributed by atoms with van der Waals surface area (Å²) in [5.41, 5.74) is 5.81. The summed E-state index contributed by atoms with van der Waals surface area (Å²) in [6.45, 7) is 5.29. The second kappa shape index (κ2) is 5.94. The highest BCUT2D eigenvalue weighted by atomic mass is 16.7. The molecule has 0 amide bonds. The van der Waals surface area contributed by atoms with Gasteiger partial charge in [-0.2, -0.15) is 15.0 Å². The molecule has 1 atom stereocenters. The summed E-state index contributed by atoms with van der Waals surface area (Å²) in [5, 5.41) is 0. The number of aromatic nitrogens is 3. The van der Waals surface area contributed by atoms with Crippen LogP contribution < -0.4 is 10.6 Å². The molecule has 2 saturated heterocycles. The lowest BCUT2D eigenvalue weighted by Crippen LogP contribution is -2.46. The number of ether oxygens (including phenoxy) is 2. The van der Waals surface area contributed by atoms with E-state index in [1.165, 1.54) is 0 Å². The normalized spacial score (nSPS) is 22.9. The molecule has 8 heteroatoms. The van der Waals surface area contributed by atoms with Crippen LogP contribution in [0.3, 0.4) is 0 Å². The Balaban J connectivity index is 1.70. The van der Waals surface area contributed by atoms with Crippen molar-refractivity contribution in [2.24, 2.45) is 0 Å². The van der Waals surface area contributed by atoms with Crippen LogP contribution in [0, 0.1) is 0 Å². The Hall–Kier alpha value is -1.51. The number of nitrogens with two attached hydrogens (primary N) is 1. The quantitative estimate of drug-likeness (QED) is 0.859. The Morgan fingerprint density at radius 3 is 2.36 bits per heavy atom. The summed E-state index contributed by atoms with van der Waals surface area (Å²) < 4.78 is 11.5. The molecule has 1 spiro atoms. The van der Waals surface area contributed by atoms with E-state index in [2.05, 4.69) is 26.8 Å². The summed E-state index contributed by atoms with van der Waals surface area (Å²) in [4.78, 5) is 17.1. The molecule has 3 heterocycles. The number of anilines is 2. The molecule has 122 valence electrons. The zero-order chi connectivity index (χ0) is 15.7. The Morgan fingerprint density at radius 2 is 1.77 bits per heavy atom. The fourth-order valence-corrected chi connectivity index (χ4v) is 2.99. The van der Waals surface area contributed by atoms with Crippen molar-refractivity contribution in [3.05, 3.63) is 5.82 Å². The predicted molar refractivity (Wildman–Crippen MR) is 82.4 cm³/mol. The molecule has 0 saturated carbocycles. The van der Waals surface area contributed by atoms with Gasteiger partial charge in [0.15, 0.2) is 11.6 Å². The molecule has 2 fully saturated rings. The third-order valence-corrected chi connectivity index (χ3v) is 4.35. The van der Waals surface area contributed by atoms with Gasteiger partial charge in [-0.25, -0.2) is 0 Å². The maximum absolute atomic E-state index is 5.81. The minimum absolute atomic E-state index is 0.0859. The Kier molecular flexibility index (Phi) is 4.16. The molecule has 3 rings (SSSR count). The molecular formula is C14H24N6O2. The van der Waals surface area contributed by atoms with Gasteiger partial charge in [0, 0.05) is 40.0 Å². The van der Waals surface area contributed by atoms with E-state index in [-0.39, 0.29) is 17.8 Å². The first kappa shape index (κ1) is 15.4. The van der Waals surface area contributed by atoms with Crippen molar-refractivity contribution in [1.29, 1.82) is 0 Å². The molecule has 0 aromatic carbocycles. The summed E-state index contributed by atoms with van der Waals surface area (Å²) in [7, 11) is 3.78. The molecule has 2 aliphatic rings. The zero-order valence-electron chi connectivity index (χ0n) is 13.4. The highest BCUT2D eigenvalue weighted by Crippen LogP contribution is 2.34. The first-order valence-electron chi connectivity index (χ1n) is 7.70. The maximum Gasteiger partial charge on any atom is 0.229 e. The van der Waals surface area contributed by atoms with Crippen molar-refractivity contribution >= 4 is 11.9 Å². The number of nitrogen functional groups attached to an aromatic ring is 1. The summed E-state index contributed by atoms with van der Waals surface area (Å²) in [5.74, 6) is 1.20. The molecule has 2 N–H and O–H groups in total. The SMILES string of the molecule is C[C@H](c1nc(N)nc(N(C)C)n1)N1CCC2(CC1)OCCO2. The van der Waals surface area contributed by atoms with Gasteiger partial charge in [-0.3, -0.25) is 4.90 Å². The molecule has 1 aromatic rings. The van der Waals surface area contributed by atoms with Crippen LogP contribution >= 0.6 is 0 Å². The summed E-state index contributed by atoms with van der Waals surface area (Å²) in [6.07, 6.45) is 1.75. The average molecular weight is 308 g/mol. The van der Waals surface area contributed by atoms with Crippen LogP contribution in [0.25, 0.3) is 0 Å². The van der Waals surface area contributed by atoms with E-state index >= 15 is 0 Å². The van der Waals surface area contributed by atoms with Crippen LogP contribution in [0.4, 0.5) is 11.9 Å². The molecule has 8 nitrogen and oxygen atoms in total. The molecule has 0 unspecified atom stereocenters. The number of hydrogen-bond donors (Lipinski definition) is 1. The van der Waals surface area contributed by atoms with Crippen molar-refractivity contribution in [3.63, 3.8) is 0 Å². The Labute approximate surface area is 130 Å². The van der Waals surface area contributed by atoms with Crippen LogP contribution in [-0.2, 0) is 9.47 Å². The van der Waals surface area contributed by atoms with Gasteiger partial charge in [0.1, 0.15) is 0 Å². The van der Waals surface area contributed by atoms with Crippen LogP contribution in [0.15, 0.2) is 0 Å². The van der Waals surface area contributed by atoms with Crippen LogP contribution in [-0.4, -0.2) is 66.0 Å². The molecule has 0 bridgehead atoms. The molecule has 2 aliphatic heterocycles. The van der Waals surface area contributed by atoms with Gasteiger partial charge in [-0.1, -0.05) is 0 Å². The standard InChI is InChI=1S/C14H24N6O2/c1-10(11-16-12(15)18-13(17-11)19(2)3)20-6-4-14(5-7-20)21-8-9-22-14/h10H,4-9H2,1-3H3,(H2,15,16,17,18)/t10-/m1/s1. The number of piperidine rings is 1. The first-order valence-corrected chi connectivity index (χ1v) is 7.70. The van der Waals surface area contributed by atoms with E-state index in [9.17, 15) is 0 Å². The fourth-order valence-electron chi connectivity index (χ4n) is 2.99. The lowest BCUT2D eigenvalue weighted by Gasteiger charge is -2.39. The third kappa shape index (κ3) is 2.99. The van der Waals surface area contributed by atoms with Gasteiger partial charge in [0.05, 0.1) is 19.3 Å².